The largest absolute Gasteiger partial charge is 0.490 e. The van der Waals surface area contributed by atoms with Crippen LogP contribution >= 0.6 is 11.6 Å². The number of ether oxygens (including phenoxy) is 2. The van der Waals surface area contributed by atoms with E-state index in [1.165, 1.54) is 24.8 Å². The quantitative estimate of drug-likeness (QED) is 0.712. The van der Waals surface area contributed by atoms with Gasteiger partial charge in [0.2, 0.25) is 0 Å². The molecule has 2 unspecified atom stereocenters. The minimum atomic E-state index is 0.267. The van der Waals surface area contributed by atoms with Crippen LogP contribution in [0.1, 0.15) is 43.6 Å². The molecule has 0 N–H and O–H groups in total. The summed E-state index contributed by atoms with van der Waals surface area (Å²) in [6, 6.07) is 6.32. The maximum absolute atomic E-state index is 6.46. The van der Waals surface area contributed by atoms with Gasteiger partial charge in [0, 0.05) is 17.7 Å². The van der Waals surface area contributed by atoms with Crippen LogP contribution < -0.4 is 9.47 Å². The van der Waals surface area contributed by atoms with Crippen LogP contribution in [0.5, 0.6) is 11.5 Å². The van der Waals surface area contributed by atoms with Crippen LogP contribution in [0.25, 0.3) is 0 Å². The maximum Gasteiger partial charge on any atom is 0.161 e. The van der Waals surface area contributed by atoms with Gasteiger partial charge in [-0.3, -0.25) is 0 Å². The first kappa shape index (κ1) is 12.2. The summed E-state index contributed by atoms with van der Waals surface area (Å²) in [5, 5.41) is 0.267. The average molecular weight is 267 g/mol. The molecule has 1 saturated carbocycles. The Balaban J connectivity index is 1.86. The van der Waals surface area contributed by atoms with Gasteiger partial charge in [-0.1, -0.05) is 18.9 Å². The van der Waals surface area contributed by atoms with Crippen LogP contribution in [0, 0.1) is 0 Å². The molecule has 1 fully saturated rings. The molecule has 2 atom stereocenters. The molecule has 0 amide bonds. The van der Waals surface area contributed by atoms with Crippen LogP contribution in [0.3, 0.4) is 0 Å². The van der Waals surface area contributed by atoms with Gasteiger partial charge in [-0.15, -0.1) is 11.6 Å². The zero-order valence-corrected chi connectivity index (χ0v) is 11.3. The highest BCUT2D eigenvalue weighted by Crippen LogP contribution is 2.40. The van der Waals surface area contributed by atoms with E-state index in [4.69, 9.17) is 21.1 Å². The van der Waals surface area contributed by atoms with Gasteiger partial charge < -0.3 is 9.47 Å². The molecule has 1 aromatic rings. The minimum absolute atomic E-state index is 0.267. The van der Waals surface area contributed by atoms with E-state index in [9.17, 15) is 0 Å². The zero-order valence-electron chi connectivity index (χ0n) is 10.5. The zero-order chi connectivity index (χ0) is 12.4. The number of benzene rings is 1. The van der Waals surface area contributed by atoms with Gasteiger partial charge in [0.1, 0.15) is 0 Å². The summed E-state index contributed by atoms with van der Waals surface area (Å²) in [4.78, 5) is 0. The van der Waals surface area contributed by atoms with Crippen molar-refractivity contribution in [3.05, 3.63) is 23.8 Å². The normalized spacial score (nSPS) is 27.6. The highest BCUT2D eigenvalue weighted by Gasteiger charge is 2.25. The Kier molecular flexibility index (Phi) is 3.64. The van der Waals surface area contributed by atoms with Crippen LogP contribution in [0.15, 0.2) is 18.2 Å². The molecule has 1 heterocycles. The van der Waals surface area contributed by atoms with Crippen LogP contribution in [-0.4, -0.2) is 18.6 Å². The SMILES string of the molecule is ClC1CCCCC1c1ccc2c(c1)OCCCO2. The Morgan fingerprint density at radius 1 is 0.944 bits per heavy atom. The molecule has 1 aromatic carbocycles. The fourth-order valence-electron chi connectivity index (χ4n) is 2.87. The van der Waals surface area contributed by atoms with Crippen molar-refractivity contribution in [3.63, 3.8) is 0 Å². The molecular formula is C15H19ClO2. The summed E-state index contributed by atoms with van der Waals surface area (Å²) in [5.74, 6) is 2.23. The van der Waals surface area contributed by atoms with E-state index >= 15 is 0 Å². The lowest BCUT2D eigenvalue weighted by Crippen LogP contribution is -2.17. The van der Waals surface area contributed by atoms with E-state index in [0.29, 0.717) is 5.92 Å². The van der Waals surface area contributed by atoms with Gasteiger partial charge in [-0.25, -0.2) is 0 Å². The van der Waals surface area contributed by atoms with Crippen LogP contribution in [0.4, 0.5) is 0 Å². The fourth-order valence-corrected chi connectivity index (χ4v) is 3.30. The molecule has 1 aliphatic carbocycles. The molecule has 0 spiro atoms. The van der Waals surface area contributed by atoms with E-state index in [0.717, 1.165) is 37.6 Å². The van der Waals surface area contributed by atoms with Crippen molar-refractivity contribution in [1.29, 1.82) is 0 Å². The summed E-state index contributed by atoms with van der Waals surface area (Å²) in [5.41, 5.74) is 1.30. The second kappa shape index (κ2) is 5.40. The number of hydrogen-bond donors (Lipinski definition) is 0. The maximum atomic E-state index is 6.46. The summed E-state index contributed by atoms with van der Waals surface area (Å²) in [6.45, 7) is 1.49. The molecule has 0 bridgehead atoms. The van der Waals surface area contributed by atoms with Gasteiger partial charge in [-0.05, 0) is 30.5 Å². The third-order valence-electron chi connectivity index (χ3n) is 3.88. The molecule has 0 saturated heterocycles. The average Bonchev–Trinajstić information content (AvgIpc) is 2.63. The van der Waals surface area contributed by atoms with Gasteiger partial charge in [0.05, 0.1) is 13.2 Å². The van der Waals surface area contributed by atoms with Gasteiger partial charge in [0.15, 0.2) is 11.5 Å². The highest BCUT2D eigenvalue weighted by molar-refractivity contribution is 6.21. The molecule has 2 nitrogen and oxygen atoms in total. The van der Waals surface area contributed by atoms with Gasteiger partial charge in [-0.2, -0.15) is 0 Å². The summed E-state index contributed by atoms with van der Waals surface area (Å²) < 4.78 is 11.4. The van der Waals surface area contributed by atoms with Crippen LogP contribution in [-0.2, 0) is 0 Å². The first-order chi connectivity index (χ1) is 8.84. The topological polar surface area (TPSA) is 18.5 Å². The van der Waals surface area contributed by atoms with Gasteiger partial charge in [0.25, 0.3) is 0 Å². The Hall–Kier alpha value is -0.890. The van der Waals surface area contributed by atoms with Crippen molar-refractivity contribution in [2.45, 2.75) is 43.4 Å². The first-order valence-electron chi connectivity index (χ1n) is 6.88. The molecule has 0 aromatic heterocycles. The third-order valence-corrected chi connectivity index (χ3v) is 4.40. The lowest BCUT2D eigenvalue weighted by molar-refractivity contribution is 0.297. The fraction of sp³-hybridized carbons (Fsp3) is 0.600. The Bertz CT molecular complexity index is 419. The smallest absolute Gasteiger partial charge is 0.161 e. The number of fused-ring (bicyclic) bond motifs is 1. The van der Waals surface area contributed by atoms with E-state index in [-0.39, 0.29) is 5.38 Å². The highest BCUT2D eigenvalue weighted by atomic mass is 35.5. The monoisotopic (exact) mass is 266 g/mol. The molecule has 3 heteroatoms. The van der Waals surface area contributed by atoms with E-state index in [1.807, 2.05) is 6.07 Å². The molecule has 3 rings (SSSR count). The summed E-state index contributed by atoms with van der Waals surface area (Å²) in [6.07, 6.45) is 5.80. The molecule has 0 radical (unpaired) electrons. The molecule has 18 heavy (non-hydrogen) atoms. The van der Waals surface area contributed by atoms with Crippen LogP contribution in [0.2, 0.25) is 0 Å². The number of halogens is 1. The lowest BCUT2D eigenvalue weighted by Gasteiger charge is -2.27. The third kappa shape index (κ3) is 2.44. The Morgan fingerprint density at radius 3 is 2.56 bits per heavy atom. The number of rotatable bonds is 1. The Morgan fingerprint density at radius 2 is 1.72 bits per heavy atom. The van der Waals surface area contributed by atoms with Gasteiger partial charge >= 0.3 is 0 Å². The Labute approximate surface area is 113 Å². The molecule has 98 valence electrons. The molecular weight excluding hydrogens is 248 g/mol. The van der Waals surface area contributed by atoms with Crippen molar-refractivity contribution in [2.75, 3.05) is 13.2 Å². The number of alkyl halides is 1. The molecule has 2 aliphatic rings. The number of hydrogen-bond acceptors (Lipinski definition) is 2. The minimum Gasteiger partial charge on any atom is -0.490 e. The van der Waals surface area contributed by atoms with Crippen molar-refractivity contribution in [2.24, 2.45) is 0 Å². The second-order valence-corrected chi connectivity index (χ2v) is 5.72. The first-order valence-corrected chi connectivity index (χ1v) is 7.32. The van der Waals surface area contributed by atoms with Crippen molar-refractivity contribution < 1.29 is 9.47 Å². The standard InChI is InChI=1S/C15H19ClO2/c16-13-5-2-1-4-12(13)11-6-7-14-15(10-11)18-9-3-8-17-14/h6-7,10,12-13H,1-5,8-9H2. The molecule has 1 aliphatic heterocycles. The predicted octanol–water partition coefficient (Wildman–Crippen LogP) is 4.11. The van der Waals surface area contributed by atoms with E-state index in [1.54, 1.807) is 0 Å². The van der Waals surface area contributed by atoms with Crippen molar-refractivity contribution >= 4 is 11.6 Å². The van der Waals surface area contributed by atoms with Crippen molar-refractivity contribution in [3.8, 4) is 11.5 Å². The summed E-state index contributed by atoms with van der Waals surface area (Å²) >= 11 is 6.46. The van der Waals surface area contributed by atoms with E-state index in [2.05, 4.69) is 12.1 Å². The predicted molar refractivity (Wildman–Crippen MR) is 72.9 cm³/mol. The van der Waals surface area contributed by atoms with Crippen molar-refractivity contribution in [1.82, 2.24) is 0 Å². The lowest BCUT2D eigenvalue weighted by atomic mass is 9.83. The second-order valence-electron chi connectivity index (χ2n) is 5.16. The summed E-state index contributed by atoms with van der Waals surface area (Å²) in [7, 11) is 0. The van der Waals surface area contributed by atoms with E-state index < -0.39 is 0 Å².